The van der Waals surface area contributed by atoms with E-state index in [2.05, 4.69) is 29.0 Å². The van der Waals surface area contributed by atoms with Crippen LogP contribution in [0.4, 0.5) is 14.5 Å². The standard InChI is InChI=1S/C21H33F2N5.HI/c1-3-8-26-9-7-17(16-26)15-25-21(24-4-2)28-12-10-27(11-13-28)20-14-18(22)5-6-19(20)23;/h5-6,14,17H,3-4,7-13,15-16H2,1-2H3,(H,24,25);1H. The van der Waals surface area contributed by atoms with Gasteiger partial charge in [-0.3, -0.25) is 4.99 Å². The van der Waals surface area contributed by atoms with Crippen molar-refractivity contribution in [2.45, 2.75) is 26.7 Å². The molecule has 1 aromatic rings. The van der Waals surface area contributed by atoms with E-state index in [1.165, 1.54) is 38.1 Å². The van der Waals surface area contributed by atoms with Gasteiger partial charge in [0.2, 0.25) is 0 Å². The highest BCUT2D eigenvalue weighted by atomic mass is 127. The van der Waals surface area contributed by atoms with Crippen LogP contribution >= 0.6 is 24.0 Å². The molecular formula is C21H34F2IN5. The first-order valence-corrected chi connectivity index (χ1v) is 10.6. The molecule has 0 saturated carbocycles. The van der Waals surface area contributed by atoms with Crippen LogP contribution < -0.4 is 10.2 Å². The normalized spacial score (nSPS) is 20.7. The van der Waals surface area contributed by atoms with Crippen LogP contribution in [0.3, 0.4) is 0 Å². The molecule has 3 rings (SSSR count). The molecular weight excluding hydrogens is 487 g/mol. The molecule has 2 aliphatic heterocycles. The molecule has 1 atom stereocenters. The Hall–Kier alpha value is -1.16. The Morgan fingerprint density at radius 3 is 2.59 bits per heavy atom. The van der Waals surface area contributed by atoms with Crippen molar-refractivity contribution in [2.24, 2.45) is 10.9 Å². The number of likely N-dealkylation sites (tertiary alicyclic amines) is 1. The topological polar surface area (TPSA) is 34.1 Å². The zero-order valence-electron chi connectivity index (χ0n) is 17.5. The van der Waals surface area contributed by atoms with Gasteiger partial charge in [0.15, 0.2) is 5.96 Å². The molecule has 2 saturated heterocycles. The van der Waals surface area contributed by atoms with Crippen molar-refractivity contribution in [1.29, 1.82) is 0 Å². The van der Waals surface area contributed by atoms with Crippen LogP contribution in [-0.4, -0.2) is 74.7 Å². The molecule has 0 bridgehead atoms. The summed E-state index contributed by atoms with van der Waals surface area (Å²) in [6, 6.07) is 3.65. The van der Waals surface area contributed by atoms with Gasteiger partial charge in [-0.25, -0.2) is 8.78 Å². The predicted molar refractivity (Wildman–Crippen MR) is 126 cm³/mol. The molecule has 164 valence electrons. The van der Waals surface area contributed by atoms with Gasteiger partial charge in [0, 0.05) is 51.9 Å². The smallest absolute Gasteiger partial charge is 0.194 e. The van der Waals surface area contributed by atoms with Gasteiger partial charge >= 0.3 is 0 Å². The average molecular weight is 521 g/mol. The van der Waals surface area contributed by atoms with Crippen LogP contribution in [0, 0.1) is 17.6 Å². The molecule has 0 amide bonds. The number of guanidine groups is 1. The van der Waals surface area contributed by atoms with E-state index in [0.29, 0.717) is 24.7 Å². The summed E-state index contributed by atoms with van der Waals surface area (Å²) in [5.74, 6) is 0.800. The van der Waals surface area contributed by atoms with Crippen LogP contribution in [0.1, 0.15) is 26.7 Å². The highest BCUT2D eigenvalue weighted by molar-refractivity contribution is 14.0. The van der Waals surface area contributed by atoms with Crippen LogP contribution in [-0.2, 0) is 0 Å². The molecule has 1 aromatic carbocycles. The highest BCUT2D eigenvalue weighted by Gasteiger charge is 2.24. The van der Waals surface area contributed by atoms with Gasteiger partial charge < -0.3 is 20.0 Å². The second-order valence-electron chi connectivity index (χ2n) is 7.72. The minimum atomic E-state index is -0.401. The Labute approximate surface area is 190 Å². The Bertz CT molecular complexity index is 664. The lowest BCUT2D eigenvalue weighted by Crippen LogP contribution is -2.52. The third-order valence-corrected chi connectivity index (χ3v) is 5.57. The van der Waals surface area contributed by atoms with E-state index >= 15 is 0 Å². The zero-order valence-corrected chi connectivity index (χ0v) is 19.9. The Morgan fingerprint density at radius 1 is 1.14 bits per heavy atom. The van der Waals surface area contributed by atoms with E-state index in [4.69, 9.17) is 4.99 Å². The third kappa shape index (κ3) is 6.67. The molecule has 2 fully saturated rings. The number of piperazine rings is 1. The summed E-state index contributed by atoms with van der Waals surface area (Å²) >= 11 is 0. The predicted octanol–water partition coefficient (Wildman–Crippen LogP) is 3.40. The van der Waals surface area contributed by atoms with Gasteiger partial charge in [0.1, 0.15) is 11.6 Å². The van der Waals surface area contributed by atoms with Gasteiger partial charge in [-0.15, -0.1) is 24.0 Å². The molecule has 0 spiro atoms. The van der Waals surface area contributed by atoms with Crippen molar-refractivity contribution in [2.75, 3.05) is 63.8 Å². The lowest BCUT2D eigenvalue weighted by Gasteiger charge is -2.37. The Balaban J connectivity index is 0.00000300. The number of benzene rings is 1. The van der Waals surface area contributed by atoms with Crippen molar-refractivity contribution in [3.8, 4) is 0 Å². The number of nitrogens with zero attached hydrogens (tertiary/aromatic N) is 4. The van der Waals surface area contributed by atoms with Crippen molar-refractivity contribution in [3.63, 3.8) is 0 Å². The number of hydrogen-bond donors (Lipinski definition) is 1. The molecule has 1 N–H and O–H groups in total. The van der Waals surface area contributed by atoms with Gasteiger partial charge in [0.05, 0.1) is 5.69 Å². The van der Waals surface area contributed by atoms with Crippen molar-refractivity contribution in [3.05, 3.63) is 29.8 Å². The summed E-state index contributed by atoms with van der Waals surface area (Å²) in [6.45, 7) is 12.3. The second-order valence-corrected chi connectivity index (χ2v) is 7.72. The minimum Gasteiger partial charge on any atom is -0.366 e. The first kappa shape index (κ1) is 24.1. The zero-order chi connectivity index (χ0) is 19.9. The van der Waals surface area contributed by atoms with Crippen LogP contribution in [0.25, 0.3) is 0 Å². The quantitative estimate of drug-likeness (QED) is 0.354. The first-order chi connectivity index (χ1) is 13.6. The number of anilines is 1. The summed E-state index contributed by atoms with van der Waals surface area (Å²) in [5.41, 5.74) is 0.351. The maximum atomic E-state index is 14.0. The lowest BCUT2D eigenvalue weighted by atomic mass is 10.1. The largest absolute Gasteiger partial charge is 0.366 e. The third-order valence-electron chi connectivity index (χ3n) is 5.57. The van der Waals surface area contributed by atoms with E-state index in [1.807, 2.05) is 4.90 Å². The Morgan fingerprint density at radius 2 is 1.90 bits per heavy atom. The fraction of sp³-hybridized carbons (Fsp3) is 0.667. The van der Waals surface area contributed by atoms with Gasteiger partial charge in [-0.1, -0.05) is 6.92 Å². The van der Waals surface area contributed by atoms with Gasteiger partial charge in [0.25, 0.3) is 0 Å². The first-order valence-electron chi connectivity index (χ1n) is 10.6. The van der Waals surface area contributed by atoms with Crippen molar-refractivity contribution >= 4 is 35.6 Å². The number of halogens is 3. The maximum Gasteiger partial charge on any atom is 0.194 e. The summed E-state index contributed by atoms with van der Waals surface area (Å²) in [5, 5.41) is 3.40. The van der Waals surface area contributed by atoms with Gasteiger partial charge in [-0.05, 0) is 50.9 Å². The second kappa shape index (κ2) is 11.9. The van der Waals surface area contributed by atoms with E-state index in [0.717, 1.165) is 44.7 Å². The minimum absolute atomic E-state index is 0. The maximum absolute atomic E-state index is 14.0. The molecule has 0 aliphatic carbocycles. The Kier molecular flexibility index (Phi) is 9.88. The number of nitrogens with one attached hydrogen (secondary N) is 1. The van der Waals surface area contributed by atoms with E-state index in [1.54, 1.807) is 0 Å². The van der Waals surface area contributed by atoms with E-state index in [9.17, 15) is 8.78 Å². The van der Waals surface area contributed by atoms with Gasteiger partial charge in [-0.2, -0.15) is 0 Å². The molecule has 29 heavy (non-hydrogen) atoms. The molecule has 1 unspecified atom stereocenters. The summed E-state index contributed by atoms with van der Waals surface area (Å²) in [6.07, 6.45) is 2.42. The average Bonchev–Trinajstić information content (AvgIpc) is 3.15. The molecule has 5 nitrogen and oxygen atoms in total. The molecule has 0 aromatic heterocycles. The molecule has 0 radical (unpaired) electrons. The van der Waals surface area contributed by atoms with Crippen molar-refractivity contribution in [1.82, 2.24) is 15.1 Å². The summed E-state index contributed by atoms with van der Waals surface area (Å²) in [7, 11) is 0. The van der Waals surface area contributed by atoms with Crippen LogP contribution in [0.15, 0.2) is 23.2 Å². The number of aliphatic imine (C=N–C) groups is 1. The SMILES string of the molecule is CCCN1CCC(CN=C(NCC)N2CCN(c3cc(F)ccc3F)CC2)C1.I. The van der Waals surface area contributed by atoms with Crippen LogP contribution in [0.5, 0.6) is 0 Å². The lowest BCUT2D eigenvalue weighted by molar-refractivity contribution is 0.325. The number of hydrogen-bond acceptors (Lipinski definition) is 3. The highest BCUT2D eigenvalue weighted by Crippen LogP contribution is 2.22. The van der Waals surface area contributed by atoms with E-state index < -0.39 is 5.82 Å². The fourth-order valence-electron chi connectivity index (χ4n) is 4.11. The molecule has 8 heteroatoms. The van der Waals surface area contributed by atoms with Crippen LogP contribution in [0.2, 0.25) is 0 Å². The summed E-state index contributed by atoms with van der Waals surface area (Å²) in [4.78, 5) is 11.6. The number of rotatable bonds is 6. The molecule has 2 heterocycles. The molecule has 2 aliphatic rings. The van der Waals surface area contributed by atoms with Crippen molar-refractivity contribution < 1.29 is 8.78 Å². The fourth-order valence-corrected chi connectivity index (χ4v) is 4.11. The monoisotopic (exact) mass is 521 g/mol. The summed E-state index contributed by atoms with van der Waals surface area (Å²) < 4.78 is 27.5. The van der Waals surface area contributed by atoms with E-state index in [-0.39, 0.29) is 29.8 Å².